The lowest BCUT2D eigenvalue weighted by Crippen LogP contribution is -2.13. The summed E-state index contributed by atoms with van der Waals surface area (Å²) in [4.78, 5) is 22.1. The molecule has 0 aromatic heterocycles. The summed E-state index contributed by atoms with van der Waals surface area (Å²) in [6.07, 6.45) is -0.0237. The molecule has 0 aliphatic heterocycles. The molecule has 0 aliphatic rings. The largest absolute Gasteiger partial charge is 0.502 e. The van der Waals surface area contributed by atoms with E-state index in [0.29, 0.717) is 0 Å². The number of allylic oxidation sites excluding steroid dienone is 1. The fourth-order valence-electron chi connectivity index (χ4n) is 1.18. The van der Waals surface area contributed by atoms with Crippen molar-refractivity contribution in [2.45, 2.75) is 0 Å². The van der Waals surface area contributed by atoms with Crippen LogP contribution in [0, 0.1) is 29.1 Å². The summed E-state index contributed by atoms with van der Waals surface area (Å²) in [6, 6.07) is 0. The highest BCUT2D eigenvalue weighted by Gasteiger charge is 2.29. The molecule has 4 nitrogen and oxygen atoms in total. The monoisotopic (exact) mass is 296 g/mol. The molecular formula is C11H5F5O4. The molecule has 9 heteroatoms. The first-order valence-electron chi connectivity index (χ1n) is 4.77. The molecule has 108 valence electrons. The van der Waals surface area contributed by atoms with Crippen LogP contribution in [0.1, 0.15) is 10.4 Å². The summed E-state index contributed by atoms with van der Waals surface area (Å²) >= 11 is 0. The van der Waals surface area contributed by atoms with E-state index in [4.69, 9.17) is 5.11 Å². The summed E-state index contributed by atoms with van der Waals surface area (Å²) in [5.74, 6) is -16.4. The third-order valence-corrected chi connectivity index (χ3v) is 2.12. The van der Waals surface area contributed by atoms with Crippen LogP contribution in [0.4, 0.5) is 22.0 Å². The van der Waals surface area contributed by atoms with E-state index in [2.05, 4.69) is 4.74 Å². The number of ether oxygens (including phenoxy) is 1. The minimum atomic E-state index is -2.43. The maximum atomic E-state index is 13.2. The smallest absolute Gasteiger partial charge is 0.373 e. The number of carbonyl (C=O) groups is 2. The molecule has 0 aliphatic carbocycles. The van der Waals surface area contributed by atoms with Gasteiger partial charge in [0.1, 0.15) is 0 Å². The van der Waals surface area contributed by atoms with E-state index < -0.39 is 52.2 Å². The Balaban J connectivity index is 3.42. The molecule has 1 aromatic carbocycles. The third kappa shape index (κ3) is 2.60. The first kappa shape index (κ1) is 15.6. The summed E-state index contributed by atoms with van der Waals surface area (Å²) in [5.41, 5.74) is -1.79. The lowest BCUT2D eigenvalue weighted by atomic mass is 10.1. The van der Waals surface area contributed by atoms with Crippen LogP contribution in [0.25, 0.3) is 0 Å². The van der Waals surface area contributed by atoms with Crippen molar-refractivity contribution in [3.05, 3.63) is 46.5 Å². The lowest BCUT2D eigenvalue weighted by molar-refractivity contribution is -0.139. The molecule has 1 rings (SSSR count). The predicted molar refractivity (Wildman–Crippen MR) is 53.3 cm³/mol. The molecule has 0 saturated heterocycles. The van der Waals surface area contributed by atoms with Gasteiger partial charge in [-0.05, 0) is 0 Å². The van der Waals surface area contributed by atoms with Gasteiger partial charge in [-0.1, -0.05) is 0 Å². The van der Waals surface area contributed by atoms with Gasteiger partial charge in [0, 0.05) is 6.08 Å². The second-order valence-corrected chi connectivity index (χ2v) is 3.33. The number of halogens is 5. The summed E-state index contributed by atoms with van der Waals surface area (Å²) in [5, 5.41) is 8.98. The number of aliphatic hydroxyl groups is 1. The van der Waals surface area contributed by atoms with Crippen molar-refractivity contribution in [1.82, 2.24) is 0 Å². The van der Waals surface area contributed by atoms with E-state index in [0.717, 1.165) is 7.11 Å². The molecule has 0 fully saturated rings. The van der Waals surface area contributed by atoms with Gasteiger partial charge in [-0.3, -0.25) is 4.79 Å². The van der Waals surface area contributed by atoms with Crippen LogP contribution in [-0.4, -0.2) is 24.0 Å². The van der Waals surface area contributed by atoms with Crippen molar-refractivity contribution in [3.63, 3.8) is 0 Å². The third-order valence-electron chi connectivity index (χ3n) is 2.12. The first-order chi connectivity index (χ1) is 9.22. The van der Waals surface area contributed by atoms with E-state index in [9.17, 15) is 31.5 Å². The summed E-state index contributed by atoms with van der Waals surface area (Å²) in [6.45, 7) is 0. The number of carbonyl (C=O) groups excluding carboxylic acids is 2. The van der Waals surface area contributed by atoms with Crippen molar-refractivity contribution in [3.8, 4) is 0 Å². The van der Waals surface area contributed by atoms with Crippen molar-refractivity contribution in [1.29, 1.82) is 0 Å². The van der Waals surface area contributed by atoms with Crippen LogP contribution in [0.3, 0.4) is 0 Å². The number of esters is 1. The van der Waals surface area contributed by atoms with Gasteiger partial charge in [-0.2, -0.15) is 0 Å². The Bertz CT molecular complexity index is 595. The molecule has 1 N–H and O–H groups in total. The average Bonchev–Trinajstić information content (AvgIpc) is 2.42. The molecule has 0 radical (unpaired) electrons. The molecule has 1 aromatic rings. The molecular weight excluding hydrogens is 291 g/mol. The maximum absolute atomic E-state index is 13.2. The minimum absolute atomic E-state index is 0.0237. The van der Waals surface area contributed by atoms with E-state index in [1.54, 1.807) is 0 Å². The zero-order valence-electron chi connectivity index (χ0n) is 9.64. The number of benzene rings is 1. The molecule has 0 saturated carbocycles. The summed E-state index contributed by atoms with van der Waals surface area (Å²) in [7, 11) is 0.829. The highest BCUT2D eigenvalue weighted by Crippen LogP contribution is 2.23. The molecule has 0 heterocycles. The van der Waals surface area contributed by atoms with Crippen LogP contribution in [0.5, 0.6) is 0 Å². The zero-order chi connectivity index (χ0) is 15.6. The Morgan fingerprint density at radius 3 is 1.75 bits per heavy atom. The van der Waals surface area contributed by atoms with Gasteiger partial charge in [-0.15, -0.1) is 0 Å². The Kier molecular flexibility index (Phi) is 4.43. The van der Waals surface area contributed by atoms with E-state index in [1.165, 1.54) is 0 Å². The van der Waals surface area contributed by atoms with Crippen LogP contribution in [0.15, 0.2) is 11.8 Å². The van der Waals surface area contributed by atoms with Gasteiger partial charge in [0.25, 0.3) is 0 Å². The van der Waals surface area contributed by atoms with Crippen molar-refractivity contribution < 1.29 is 41.4 Å². The Morgan fingerprint density at radius 1 is 0.950 bits per heavy atom. The quantitative estimate of drug-likeness (QED) is 0.177. The molecule has 0 spiro atoms. The lowest BCUT2D eigenvalue weighted by Gasteiger charge is -2.05. The van der Waals surface area contributed by atoms with Gasteiger partial charge in [-0.25, -0.2) is 26.7 Å². The number of aliphatic hydroxyl groups excluding tert-OH is 1. The zero-order valence-corrected chi connectivity index (χ0v) is 9.64. The van der Waals surface area contributed by atoms with E-state index in [-0.39, 0.29) is 6.08 Å². The molecule has 0 amide bonds. The van der Waals surface area contributed by atoms with Gasteiger partial charge in [0.2, 0.25) is 11.6 Å². The number of methoxy groups -OCH3 is 1. The van der Waals surface area contributed by atoms with Crippen molar-refractivity contribution >= 4 is 11.8 Å². The van der Waals surface area contributed by atoms with Crippen molar-refractivity contribution in [2.75, 3.05) is 7.11 Å². The SMILES string of the molecule is COC(=O)C(O)=CC(=O)c1c(F)c(F)c(F)c(F)c1F. The van der Waals surface area contributed by atoms with Gasteiger partial charge >= 0.3 is 5.97 Å². The normalized spacial score (nSPS) is 11.4. The minimum Gasteiger partial charge on any atom is -0.502 e. The van der Waals surface area contributed by atoms with Crippen LogP contribution in [0.2, 0.25) is 0 Å². The van der Waals surface area contributed by atoms with Gasteiger partial charge in [0.05, 0.1) is 12.7 Å². The topological polar surface area (TPSA) is 63.6 Å². The van der Waals surface area contributed by atoms with Gasteiger partial charge in [0.15, 0.2) is 29.1 Å². The molecule has 0 unspecified atom stereocenters. The van der Waals surface area contributed by atoms with E-state index >= 15 is 0 Å². The molecule has 20 heavy (non-hydrogen) atoms. The van der Waals surface area contributed by atoms with Crippen LogP contribution in [-0.2, 0) is 9.53 Å². The van der Waals surface area contributed by atoms with Crippen molar-refractivity contribution in [2.24, 2.45) is 0 Å². The number of rotatable bonds is 3. The van der Waals surface area contributed by atoms with Crippen LogP contribution < -0.4 is 0 Å². The molecule has 0 bridgehead atoms. The highest BCUT2D eigenvalue weighted by molar-refractivity contribution is 6.08. The van der Waals surface area contributed by atoms with Crippen LogP contribution >= 0.6 is 0 Å². The standard InChI is InChI=1S/C11H5F5O4/c1-20-11(19)4(18)2-3(17)5-6(12)8(14)10(16)9(15)7(5)13/h2,18H,1H3. The Labute approximate surface area is 108 Å². The summed E-state index contributed by atoms with van der Waals surface area (Å²) < 4.78 is 68.8. The second kappa shape index (κ2) is 5.68. The fourth-order valence-corrected chi connectivity index (χ4v) is 1.18. The number of ketones is 1. The highest BCUT2D eigenvalue weighted by atomic mass is 19.2. The second-order valence-electron chi connectivity index (χ2n) is 3.33. The average molecular weight is 296 g/mol. The maximum Gasteiger partial charge on any atom is 0.373 e. The Morgan fingerprint density at radius 2 is 1.35 bits per heavy atom. The first-order valence-corrected chi connectivity index (χ1v) is 4.77. The number of hydrogen-bond donors (Lipinski definition) is 1. The predicted octanol–water partition coefficient (Wildman–Crippen LogP) is 2.18. The fraction of sp³-hybridized carbons (Fsp3) is 0.0909. The van der Waals surface area contributed by atoms with Gasteiger partial charge < -0.3 is 9.84 Å². The molecule has 0 atom stereocenters. The van der Waals surface area contributed by atoms with E-state index in [1.807, 2.05) is 0 Å². The number of hydrogen-bond acceptors (Lipinski definition) is 4. The Hall–Kier alpha value is -2.45.